The van der Waals surface area contributed by atoms with Gasteiger partial charge in [-0.1, -0.05) is 42.8 Å². The maximum atomic E-state index is 13.3. The molecule has 1 aliphatic rings. The number of fused-ring (bicyclic) bond motifs is 1. The molecule has 0 unspecified atom stereocenters. The highest BCUT2D eigenvalue weighted by Gasteiger charge is 2.27. The molecular weight excluding hydrogens is 364 g/mol. The van der Waals surface area contributed by atoms with E-state index in [-0.39, 0.29) is 18.6 Å². The number of likely N-dealkylation sites (tertiary alicyclic amines) is 1. The molecule has 0 aliphatic carbocycles. The second-order valence-electron chi connectivity index (χ2n) is 7.79. The summed E-state index contributed by atoms with van der Waals surface area (Å²) in [6, 6.07) is 15.9. The molecule has 1 aliphatic heterocycles. The highest BCUT2D eigenvalue weighted by atomic mass is 16.3. The van der Waals surface area contributed by atoms with Gasteiger partial charge in [0.1, 0.15) is 5.65 Å². The largest absolute Gasteiger partial charge is 0.395 e. The molecule has 1 saturated heterocycles. The number of carbonyl (C=O) groups excluding carboxylic acids is 1. The molecule has 1 amide bonds. The van der Waals surface area contributed by atoms with Crippen LogP contribution in [0, 0.1) is 0 Å². The maximum Gasteiger partial charge on any atom is 0.274 e. The number of hydrogen-bond acceptors (Lipinski definition) is 4. The first-order valence-corrected chi connectivity index (χ1v) is 10.3. The summed E-state index contributed by atoms with van der Waals surface area (Å²) in [4.78, 5) is 22.0. The van der Waals surface area contributed by atoms with E-state index in [4.69, 9.17) is 0 Å². The van der Waals surface area contributed by atoms with Gasteiger partial charge in [0.2, 0.25) is 0 Å². The molecule has 1 N–H and O–H groups in total. The van der Waals surface area contributed by atoms with Crippen molar-refractivity contribution in [3.63, 3.8) is 0 Å². The van der Waals surface area contributed by atoms with Gasteiger partial charge in [0.25, 0.3) is 5.91 Å². The van der Waals surface area contributed by atoms with Crippen LogP contribution in [-0.2, 0) is 13.1 Å². The lowest BCUT2D eigenvalue weighted by Gasteiger charge is -2.34. The van der Waals surface area contributed by atoms with Crippen LogP contribution >= 0.6 is 0 Å². The molecule has 152 valence electrons. The fourth-order valence-corrected chi connectivity index (χ4v) is 4.15. The molecule has 3 aromatic rings. The summed E-state index contributed by atoms with van der Waals surface area (Å²) in [5.41, 5.74) is 3.25. The Morgan fingerprint density at radius 3 is 2.76 bits per heavy atom. The van der Waals surface area contributed by atoms with Crippen LogP contribution < -0.4 is 0 Å². The van der Waals surface area contributed by atoms with Crippen LogP contribution in [0.2, 0.25) is 0 Å². The summed E-state index contributed by atoms with van der Waals surface area (Å²) in [5.74, 6) is -0.0786. The van der Waals surface area contributed by atoms with E-state index in [1.54, 1.807) is 4.90 Å². The van der Waals surface area contributed by atoms with Crippen LogP contribution in [0.1, 0.15) is 41.0 Å². The predicted octanol–water partition coefficient (Wildman–Crippen LogP) is 2.95. The first-order valence-electron chi connectivity index (χ1n) is 10.3. The molecule has 0 spiro atoms. The van der Waals surface area contributed by atoms with Crippen LogP contribution in [0.15, 0.2) is 54.7 Å². The molecule has 1 atom stereocenters. The van der Waals surface area contributed by atoms with E-state index in [0.29, 0.717) is 18.8 Å². The van der Waals surface area contributed by atoms with Crippen LogP contribution in [-0.4, -0.2) is 56.4 Å². The van der Waals surface area contributed by atoms with Gasteiger partial charge >= 0.3 is 0 Å². The average molecular weight is 393 g/mol. The smallest absolute Gasteiger partial charge is 0.274 e. The normalized spacial score (nSPS) is 17.5. The van der Waals surface area contributed by atoms with Crippen molar-refractivity contribution in [3.8, 4) is 0 Å². The number of pyridine rings is 1. The molecule has 6 heteroatoms. The van der Waals surface area contributed by atoms with Gasteiger partial charge < -0.3 is 14.4 Å². The van der Waals surface area contributed by atoms with Crippen LogP contribution in [0.4, 0.5) is 0 Å². The molecular formula is C23H28N4O2. The zero-order valence-electron chi connectivity index (χ0n) is 16.9. The number of aromatic nitrogens is 2. The first kappa shape index (κ1) is 19.6. The fraction of sp³-hybridized carbons (Fsp3) is 0.391. The van der Waals surface area contributed by atoms with Gasteiger partial charge in [0.05, 0.1) is 12.3 Å². The molecule has 0 saturated carbocycles. The van der Waals surface area contributed by atoms with E-state index in [2.05, 4.69) is 9.88 Å². The summed E-state index contributed by atoms with van der Waals surface area (Å²) in [7, 11) is 1.82. The Morgan fingerprint density at radius 2 is 1.97 bits per heavy atom. The molecule has 6 nitrogen and oxygen atoms in total. The van der Waals surface area contributed by atoms with Gasteiger partial charge in [-0.3, -0.25) is 9.69 Å². The Labute approximate surface area is 171 Å². The quantitative estimate of drug-likeness (QED) is 0.701. The minimum Gasteiger partial charge on any atom is -0.395 e. The Bertz CT molecular complexity index is 969. The van der Waals surface area contributed by atoms with E-state index in [9.17, 15) is 9.90 Å². The molecule has 0 radical (unpaired) electrons. The van der Waals surface area contributed by atoms with Crippen molar-refractivity contribution >= 4 is 11.6 Å². The minimum absolute atomic E-state index is 0.0786. The van der Waals surface area contributed by atoms with E-state index < -0.39 is 0 Å². The topological polar surface area (TPSA) is 61.1 Å². The number of aliphatic hydroxyl groups is 1. The molecule has 1 aromatic carbocycles. The predicted molar refractivity (Wildman–Crippen MR) is 113 cm³/mol. The van der Waals surface area contributed by atoms with Crippen molar-refractivity contribution in [1.29, 1.82) is 0 Å². The van der Waals surface area contributed by atoms with Crippen LogP contribution in [0.25, 0.3) is 5.65 Å². The van der Waals surface area contributed by atoms with Crippen LogP contribution in [0.3, 0.4) is 0 Å². The highest BCUT2D eigenvalue weighted by Crippen LogP contribution is 2.23. The molecule has 4 rings (SSSR count). The lowest BCUT2D eigenvalue weighted by Crippen LogP contribution is -2.42. The molecule has 3 heterocycles. The molecule has 0 bridgehead atoms. The minimum atomic E-state index is -0.0786. The third-order valence-electron chi connectivity index (χ3n) is 5.75. The van der Waals surface area contributed by atoms with Gasteiger partial charge in [0.15, 0.2) is 5.69 Å². The van der Waals surface area contributed by atoms with E-state index in [0.717, 1.165) is 42.7 Å². The molecule has 1 fully saturated rings. The zero-order chi connectivity index (χ0) is 20.2. The zero-order valence-corrected chi connectivity index (χ0v) is 16.9. The highest BCUT2D eigenvalue weighted by molar-refractivity contribution is 5.94. The number of nitrogens with zero attached hydrogens (tertiary/aromatic N) is 4. The lowest BCUT2D eigenvalue weighted by atomic mass is 10.0. The standard InChI is InChI=1S/C23H28N4O2/c1-25(15-18-9-3-2-4-10-18)23(29)22-20(27-14-8-6-12-21(27)24-22)16-26-13-7-5-11-19(26)17-28/h2-4,6,8-10,12,14,19,28H,5,7,11,13,15-17H2,1H3/t19-/m0/s1. The van der Waals surface area contributed by atoms with Crippen molar-refractivity contribution < 1.29 is 9.90 Å². The summed E-state index contributed by atoms with van der Waals surface area (Å²) in [5, 5.41) is 9.79. The van der Waals surface area contributed by atoms with Gasteiger partial charge in [0, 0.05) is 32.4 Å². The summed E-state index contributed by atoms with van der Waals surface area (Å²) in [6.07, 6.45) is 5.21. The molecule has 2 aromatic heterocycles. The first-order chi connectivity index (χ1) is 14.2. The number of imidazole rings is 1. The number of piperidine rings is 1. The number of amides is 1. The number of hydrogen-bond donors (Lipinski definition) is 1. The number of rotatable bonds is 6. The second kappa shape index (κ2) is 8.76. The van der Waals surface area contributed by atoms with Crippen molar-refractivity contribution in [2.45, 2.75) is 38.4 Å². The number of benzene rings is 1. The SMILES string of the molecule is CN(Cc1ccccc1)C(=O)c1nc2ccccn2c1CN1CCCC[C@H]1CO. The summed E-state index contributed by atoms with van der Waals surface area (Å²) < 4.78 is 2.01. The Morgan fingerprint density at radius 1 is 1.17 bits per heavy atom. The van der Waals surface area contributed by atoms with Gasteiger partial charge in [-0.2, -0.15) is 0 Å². The third-order valence-corrected chi connectivity index (χ3v) is 5.75. The van der Waals surface area contributed by atoms with Crippen molar-refractivity contribution in [3.05, 3.63) is 71.7 Å². The Kier molecular flexibility index (Phi) is 5.92. The van der Waals surface area contributed by atoms with Crippen molar-refractivity contribution in [1.82, 2.24) is 19.2 Å². The van der Waals surface area contributed by atoms with Crippen molar-refractivity contribution in [2.24, 2.45) is 0 Å². The van der Waals surface area contributed by atoms with E-state index in [1.807, 2.05) is 66.2 Å². The maximum absolute atomic E-state index is 13.3. The van der Waals surface area contributed by atoms with Gasteiger partial charge in [-0.05, 0) is 37.1 Å². The average Bonchev–Trinajstić information content (AvgIpc) is 3.12. The van der Waals surface area contributed by atoms with Gasteiger partial charge in [-0.25, -0.2) is 4.98 Å². The van der Waals surface area contributed by atoms with Gasteiger partial charge in [-0.15, -0.1) is 0 Å². The Hall–Kier alpha value is -2.70. The Balaban J connectivity index is 1.64. The van der Waals surface area contributed by atoms with E-state index in [1.165, 1.54) is 0 Å². The fourth-order valence-electron chi connectivity index (χ4n) is 4.15. The second-order valence-corrected chi connectivity index (χ2v) is 7.79. The summed E-state index contributed by atoms with van der Waals surface area (Å²) >= 11 is 0. The number of aliphatic hydroxyl groups excluding tert-OH is 1. The van der Waals surface area contributed by atoms with Crippen molar-refractivity contribution in [2.75, 3.05) is 20.2 Å². The lowest BCUT2D eigenvalue weighted by molar-refractivity contribution is 0.0754. The van der Waals surface area contributed by atoms with Crippen LogP contribution in [0.5, 0.6) is 0 Å². The monoisotopic (exact) mass is 392 g/mol. The summed E-state index contributed by atoms with van der Waals surface area (Å²) in [6.45, 7) is 2.22. The molecule has 29 heavy (non-hydrogen) atoms. The number of carbonyl (C=O) groups is 1. The van der Waals surface area contributed by atoms with E-state index >= 15 is 0 Å². The third kappa shape index (κ3) is 4.18.